The Labute approximate surface area is 370 Å². The highest BCUT2D eigenvalue weighted by molar-refractivity contribution is 5.82. The molecule has 15 nitrogen and oxygen atoms in total. The Bertz CT molecular complexity index is 1400. The molecule has 0 aliphatic carbocycles. The Balaban J connectivity index is 1.67. The van der Waals surface area contributed by atoms with Crippen molar-refractivity contribution in [2.24, 2.45) is 29.6 Å². The molecule has 4 rings (SSSR count). The normalized spacial score (nSPS) is 45.6. The van der Waals surface area contributed by atoms with Crippen LogP contribution >= 0.6 is 0 Å². The van der Waals surface area contributed by atoms with Crippen molar-refractivity contribution in [3.05, 3.63) is 24.3 Å². The molecule has 0 unspecified atom stereocenters. The van der Waals surface area contributed by atoms with Crippen LogP contribution in [0.25, 0.3) is 0 Å². The van der Waals surface area contributed by atoms with Crippen LogP contribution in [0, 0.1) is 29.6 Å². The van der Waals surface area contributed by atoms with Gasteiger partial charge in [0.05, 0.1) is 61.0 Å². The lowest BCUT2D eigenvalue weighted by molar-refractivity contribution is -0.342. The van der Waals surface area contributed by atoms with Gasteiger partial charge in [0.1, 0.15) is 17.8 Å². The number of carbonyl (C=O) groups excluding carboxylic acids is 1. The maximum atomic E-state index is 13.6. The second-order valence-electron chi connectivity index (χ2n) is 19.8. The predicted octanol–water partition coefficient (Wildman–Crippen LogP) is 3.35. The standard InChI is InChI=1S/C47H83NO14/c1-10-33(50)22-34-17-14-19-47(61-34)25-38-29(4)37(62-47)23-35(51)32(21-27(2)26-49)16-13-11-12-15-28(3)42(54)44(60-40-24-36(52)41(48(8)9)31(6)58-40)43(55)30(5)45(56)46(7,57)20-18-39(53)59-38/h13,16,18,20,27-38,40-45,49-52,54-57H,10-12,14-15,17,19,21-26H2,1-9H3/b16-13+,20-18+/t27-,28-,29+,30+,31-,32+,33+,34+,35-,36-,37-,38-,40-,41+,42-,43+,44+,45-,46+,47+/m0/s1. The van der Waals surface area contributed by atoms with Crippen molar-refractivity contribution in [3.8, 4) is 0 Å². The van der Waals surface area contributed by atoms with Crippen molar-refractivity contribution in [2.75, 3.05) is 20.7 Å². The Kier molecular flexibility index (Phi) is 20.3. The summed E-state index contributed by atoms with van der Waals surface area (Å²) >= 11 is 0. The molecular formula is C47H83NO14. The van der Waals surface area contributed by atoms with Gasteiger partial charge in [0, 0.05) is 56.1 Å². The van der Waals surface area contributed by atoms with Gasteiger partial charge in [-0.25, -0.2) is 4.79 Å². The SMILES string of the molecule is CC[C@@H](O)C[C@H]1CCC[C@@]2(C[C@@H]3OC(=O)/C=C/[C@@](C)(O)[C@@H](O)[C@H](C)[C@@H](O)[C@H](O[C@H]4C[C@H](O)[C@H](N(C)C)[C@H](C)O4)[C@@H](O)[C@@H](C)CCC/C=C/[C@H](C[C@H](C)CO)[C@@H](O)C[C@H](O2)[C@H]3C)O1. The third-order valence-electron chi connectivity index (χ3n) is 14.2. The monoisotopic (exact) mass is 886 g/mol. The molecule has 0 aromatic rings. The molecule has 0 amide bonds. The summed E-state index contributed by atoms with van der Waals surface area (Å²) in [5.41, 5.74) is -2.05. The van der Waals surface area contributed by atoms with Crippen LogP contribution in [0.2, 0.25) is 0 Å². The van der Waals surface area contributed by atoms with Crippen LogP contribution in [0.1, 0.15) is 126 Å². The number of rotatable bonds is 9. The maximum Gasteiger partial charge on any atom is 0.330 e. The minimum Gasteiger partial charge on any atom is -0.459 e. The van der Waals surface area contributed by atoms with Gasteiger partial charge in [0.25, 0.3) is 0 Å². The molecule has 0 radical (unpaired) electrons. The van der Waals surface area contributed by atoms with E-state index in [1.165, 1.54) is 13.8 Å². The highest BCUT2D eigenvalue weighted by atomic mass is 16.7. The van der Waals surface area contributed by atoms with Crippen molar-refractivity contribution in [1.82, 2.24) is 4.90 Å². The molecule has 62 heavy (non-hydrogen) atoms. The zero-order valence-electron chi connectivity index (χ0n) is 38.9. The van der Waals surface area contributed by atoms with Crippen molar-refractivity contribution in [3.63, 3.8) is 0 Å². The molecule has 15 heteroatoms. The number of esters is 1. The van der Waals surface area contributed by atoms with E-state index in [0.29, 0.717) is 44.9 Å². The molecule has 20 atom stereocenters. The number of aliphatic hydroxyl groups excluding tert-OH is 7. The average Bonchev–Trinajstić information content (AvgIpc) is 3.21. The lowest BCUT2D eigenvalue weighted by Gasteiger charge is -2.51. The van der Waals surface area contributed by atoms with E-state index in [2.05, 4.69) is 0 Å². The fourth-order valence-electron chi connectivity index (χ4n) is 10.1. The first-order chi connectivity index (χ1) is 29.1. The summed E-state index contributed by atoms with van der Waals surface area (Å²) in [5, 5.41) is 90.3. The molecule has 1 spiro atoms. The number of ether oxygens (including phenoxy) is 5. The molecule has 0 aromatic heterocycles. The summed E-state index contributed by atoms with van der Waals surface area (Å²) in [6.07, 6.45) is 1.07. The predicted molar refractivity (Wildman–Crippen MR) is 232 cm³/mol. The van der Waals surface area contributed by atoms with E-state index in [0.717, 1.165) is 25.0 Å². The Morgan fingerprint density at radius 3 is 2.29 bits per heavy atom. The van der Waals surface area contributed by atoms with Crippen LogP contribution in [0.3, 0.4) is 0 Å². The van der Waals surface area contributed by atoms with Crippen LogP contribution < -0.4 is 0 Å². The first-order valence-electron chi connectivity index (χ1n) is 23.4. The van der Waals surface area contributed by atoms with Crippen LogP contribution in [-0.4, -0.2) is 163 Å². The van der Waals surface area contributed by atoms with Gasteiger partial charge in [-0.15, -0.1) is 0 Å². The third-order valence-corrected chi connectivity index (χ3v) is 14.2. The quantitative estimate of drug-likeness (QED) is 0.123. The fourth-order valence-corrected chi connectivity index (χ4v) is 10.1. The Morgan fingerprint density at radius 1 is 0.935 bits per heavy atom. The average molecular weight is 886 g/mol. The largest absolute Gasteiger partial charge is 0.459 e. The summed E-state index contributed by atoms with van der Waals surface area (Å²) in [4.78, 5) is 15.5. The van der Waals surface area contributed by atoms with Crippen molar-refractivity contribution in [2.45, 2.75) is 216 Å². The smallest absolute Gasteiger partial charge is 0.330 e. The van der Waals surface area contributed by atoms with Crippen molar-refractivity contribution < 1.29 is 69.3 Å². The van der Waals surface area contributed by atoms with Gasteiger partial charge in [-0.3, -0.25) is 0 Å². The van der Waals surface area contributed by atoms with Gasteiger partial charge in [0.15, 0.2) is 12.1 Å². The summed E-state index contributed by atoms with van der Waals surface area (Å²) in [6.45, 7) is 12.2. The van der Waals surface area contributed by atoms with E-state index in [-0.39, 0.29) is 55.8 Å². The molecule has 8 N–H and O–H groups in total. The third kappa shape index (κ3) is 14.2. The zero-order valence-corrected chi connectivity index (χ0v) is 38.9. The van der Waals surface area contributed by atoms with E-state index in [1.54, 1.807) is 0 Å². The van der Waals surface area contributed by atoms with Crippen LogP contribution in [0.5, 0.6) is 0 Å². The van der Waals surface area contributed by atoms with Gasteiger partial charge in [0.2, 0.25) is 0 Å². The Morgan fingerprint density at radius 2 is 1.65 bits per heavy atom. The molecule has 4 aliphatic heterocycles. The second kappa shape index (κ2) is 23.7. The number of nitrogens with zero attached hydrogens (tertiary/aromatic N) is 1. The van der Waals surface area contributed by atoms with Crippen LogP contribution in [0.15, 0.2) is 24.3 Å². The fraction of sp³-hybridized carbons (Fsp3) is 0.894. The van der Waals surface area contributed by atoms with Gasteiger partial charge in [-0.05, 0) is 97.2 Å². The highest BCUT2D eigenvalue weighted by Crippen LogP contribution is 2.45. The summed E-state index contributed by atoms with van der Waals surface area (Å²) < 4.78 is 32.0. The molecule has 4 heterocycles. The minimum atomic E-state index is -2.05. The lowest BCUT2D eigenvalue weighted by atomic mass is 9.80. The molecule has 4 aliphatic rings. The molecule has 0 aromatic carbocycles. The number of hydrogen-bond acceptors (Lipinski definition) is 15. The summed E-state index contributed by atoms with van der Waals surface area (Å²) in [6, 6.07) is -0.304. The lowest BCUT2D eigenvalue weighted by Crippen LogP contribution is -2.57. The maximum absolute atomic E-state index is 13.6. The highest BCUT2D eigenvalue weighted by Gasteiger charge is 2.51. The first kappa shape index (κ1) is 53.0. The molecule has 360 valence electrons. The van der Waals surface area contributed by atoms with Gasteiger partial charge in [-0.1, -0.05) is 46.8 Å². The number of fused-ring (bicyclic) bond motifs is 2. The second-order valence-corrected chi connectivity index (χ2v) is 19.8. The molecule has 3 fully saturated rings. The Hall–Kier alpha value is -1.57. The van der Waals surface area contributed by atoms with Crippen molar-refractivity contribution in [1.29, 1.82) is 0 Å². The van der Waals surface area contributed by atoms with E-state index < -0.39 is 96.5 Å². The van der Waals surface area contributed by atoms with E-state index >= 15 is 0 Å². The number of allylic oxidation sites excluding steroid dienone is 1. The van der Waals surface area contributed by atoms with Gasteiger partial charge >= 0.3 is 5.97 Å². The number of likely N-dealkylation sites (N-methyl/N-ethyl adjacent to an activating group) is 1. The topological polar surface area (TPSA) is 228 Å². The van der Waals surface area contributed by atoms with Gasteiger partial charge < -0.3 is 69.4 Å². The van der Waals surface area contributed by atoms with E-state index in [9.17, 15) is 45.6 Å². The number of aliphatic hydroxyl groups is 8. The molecule has 3 saturated heterocycles. The van der Waals surface area contributed by atoms with Crippen LogP contribution in [-0.2, 0) is 28.5 Å². The first-order valence-corrected chi connectivity index (χ1v) is 23.4. The van der Waals surface area contributed by atoms with E-state index in [4.69, 9.17) is 23.7 Å². The number of hydrogen-bond donors (Lipinski definition) is 8. The summed E-state index contributed by atoms with van der Waals surface area (Å²) in [7, 11) is 3.69. The number of carbonyl (C=O) groups is 1. The molecule has 0 saturated carbocycles. The van der Waals surface area contributed by atoms with Crippen LogP contribution in [0.4, 0.5) is 0 Å². The minimum absolute atomic E-state index is 0.0477. The summed E-state index contributed by atoms with van der Waals surface area (Å²) in [5.74, 6) is -4.22. The molecular weight excluding hydrogens is 803 g/mol. The van der Waals surface area contributed by atoms with Crippen molar-refractivity contribution >= 4 is 5.97 Å². The zero-order chi connectivity index (χ0) is 46.1. The van der Waals surface area contributed by atoms with Gasteiger partial charge in [-0.2, -0.15) is 0 Å². The van der Waals surface area contributed by atoms with E-state index in [1.807, 2.05) is 65.8 Å². The molecule has 2 bridgehead atoms.